The molecule has 1 N–H and O–H groups in total. The zero-order valence-corrected chi connectivity index (χ0v) is 12.4. The first kappa shape index (κ1) is 14.7. The molecule has 0 aromatic carbocycles. The lowest BCUT2D eigenvalue weighted by Crippen LogP contribution is -2.46. The Labute approximate surface area is 114 Å². The molecule has 0 aromatic heterocycles. The quantitative estimate of drug-likeness (QED) is 0.829. The largest absolute Gasteiger partial charge is 0.396 e. The first-order valence-corrected chi connectivity index (χ1v) is 7.99. The number of fused-ring (bicyclic) bond motifs is 1. The van der Waals surface area contributed by atoms with Crippen molar-refractivity contribution in [2.45, 2.75) is 44.4 Å². The minimum atomic E-state index is -3.44. The van der Waals surface area contributed by atoms with Crippen molar-refractivity contribution in [3.05, 3.63) is 11.6 Å². The Kier molecular flexibility index (Phi) is 3.62. The highest BCUT2D eigenvalue weighted by atomic mass is 32.2. The van der Waals surface area contributed by atoms with E-state index in [9.17, 15) is 13.2 Å². The van der Waals surface area contributed by atoms with Crippen LogP contribution < -0.4 is 0 Å². The molecule has 2 aliphatic rings. The van der Waals surface area contributed by atoms with Gasteiger partial charge in [0.05, 0.1) is 4.75 Å². The minimum absolute atomic E-state index is 0.00109. The normalized spacial score (nSPS) is 28.6. The summed E-state index contributed by atoms with van der Waals surface area (Å²) < 4.78 is 25.8. The van der Waals surface area contributed by atoms with Gasteiger partial charge in [-0.25, -0.2) is 8.42 Å². The van der Waals surface area contributed by atoms with Gasteiger partial charge in [-0.05, 0) is 38.8 Å². The number of allylic oxidation sites excluding steroid dienone is 1. The monoisotopic (exact) mass is 287 g/mol. The van der Waals surface area contributed by atoms with Gasteiger partial charge in [0.25, 0.3) is 0 Å². The average Bonchev–Trinajstić information content (AvgIpc) is 2.75. The standard InChI is InChI=1S/C13H21NO4S/c1-13(2,3)19(17,18)14-8-9-6-10(16)7-11(9)12(14)4-5-15/h7,9,12,15H,4-6,8H2,1-3H3/t9-,12+/m0/s1. The second-order valence-electron chi connectivity index (χ2n) is 6.23. The number of rotatable bonds is 3. The summed E-state index contributed by atoms with van der Waals surface area (Å²) in [6.07, 6.45) is 2.32. The van der Waals surface area contributed by atoms with Gasteiger partial charge >= 0.3 is 0 Å². The van der Waals surface area contributed by atoms with Crippen molar-refractivity contribution in [1.29, 1.82) is 0 Å². The second-order valence-corrected chi connectivity index (χ2v) is 8.87. The van der Waals surface area contributed by atoms with E-state index in [0.29, 0.717) is 19.4 Å². The van der Waals surface area contributed by atoms with Crippen LogP contribution in [0.3, 0.4) is 0 Å². The number of aliphatic hydroxyl groups excluding tert-OH is 1. The zero-order chi connectivity index (χ0) is 14.4. The summed E-state index contributed by atoms with van der Waals surface area (Å²) in [4.78, 5) is 11.5. The van der Waals surface area contributed by atoms with Gasteiger partial charge in [-0.15, -0.1) is 0 Å². The number of aliphatic hydroxyl groups is 1. The number of hydrogen-bond donors (Lipinski definition) is 1. The van der Waals surface area contributed by atoms with Crippen LogP contribution in [0.5, 0.6) is 0 Å². The number of ketones is 1. The highest BCUT2D eigenvalue weighted by Gasteiger charge is 2.48. The van der Waals surface area contributed by atoms with Crippen molar-refractivity contribution < 1.29 is 18.3 Å². The van der Waals surface area contributed by atoms with Crippen molar-refractivity contribution in [2.75, 3.05) is 13.2 Å². The summed E-state index contributed by atoms with van der Waals surface area (Å²) in [5.74, 6) is 0.0666. The van der Waals surface area contributed by atoms with Gasteiger partial charge < -0.3 is 5.11 Å². The Balaban J connectivity index is 2.38. The first-order valence-electron chi connectivity index (χ1n) is 6.55. The molecule has 1 aliphatic heterocycles. The predicted molar refractivity (Wildman–Crippen MR) is 72.1 cm³/mol. The maximum Gasteiger partial charge on any atom is 0.219 e. The van der Waals surface area contributed by atoms with Gasteiger partial charge in [0.1, 0.15) is 0 Å². The molecule has 2 atom stereocenters. The van der Waals surface area contributed by atoms with Gasteiger partial charge in [0.2, 0.25) is 10.0 Å². The van der Waals surface area contributed by atoms with E-state index in [1.807, 2.05) is 0 Å². The molecule has 6 heteroatoms. The number of hydrogen-bond acceptors (Lipinski definition) is 4. The lowest BCUT2D eigenvalue weighted by Gasteiger charge is -2.31. The summed E-state index contributed by atoms with van der Waals surface area (Å²) in [7, 11) is -3.44. The number of carbonyl (C=O) groups is 1. The van der Waals surface area contributed by atoms with Crippen LogP contribution in [0.15, 0.2) is 11.6 Å². The molecular formula is C13H21NO4S. The highest BCUT2D eigenvalue weighted by molar-refractivity contribution is 7.90. The molecule has 0 unspecified atom stereocenters. The molecule has 1 saturated heterocycles. The van der Waals surface area contributed by atoms with Crippen molar-refractivity contribution in [2.24, 2.45) is 5.92 Å². The van der Waals surface area contributed by atoms with Crippen LogP contribution in [-0.4, -0.2) is 47.6 Å². The predicted octanol–water partition coefficient (Wildman–Crippen LogP) is 0.697. The smallest absolute Gasteiger partial charge is 0.219 e. The Morgan fingerprint density at radius 2 is 2.05 bits per heavy atom. The van der Waals surface area contributed by atoms with E-state index in [4.69, 9.17) is 5.11 Å². The Morgan fingerprint density at radius 3 is 2.58 bits per heavy atom. The molecule has 1 fully saturated rings. The maximum atomic E-state index is 12.6. The van der Waals surface area contributed by atoms with Crippen LogP contribution in [0.4, 0.5) is 0 Å². The Morgan fingerprint density at radius 1 is 1.42 bits per heavy atom. The third kappa shape index (κ3) is 2.37. The highest BCUT2D eigenvalue weighted by Crippen LogP contribution is 2.41. The summed E-state index contributed by atoms with van der Waals surface area (Å²) in [6.45, 7) is 5.30. The van der Waals surface area contributed by atoms with Crippen LogP contribution in [0.2, 0.25) is 0 Å². The van der Waals surface area contributed by atoms with Crippen LogP contribution >= 0.6 is 0 Å². The molecular weight excluding hydrogens is 266 g/mol. The third-order valence-electron chi connectivity index (χ3n) is 3.86. The fourth-order valence-corrected chi connectivity index (χ4v) is 4.46. The van der Waals surface area contributed by atoms with E-state index in [0.717, 1.165) is 5.57 Å². The van der Waals surface area contributed by atoms with E-state index < -0.39 is 14.8 Å². The van der Waals surface area contributed by atoms with E-state index in [1.165, 1.54) is 4.31 Å². The third-order valence-corrected chi connectivity index (χ3v) is 6.43. The molecule has 2 rings (SSSR count). The van der Waals surface area contributed by atoms with E-state index >= 15 is 0 Å². The molecule has 19 heavy (non-hydrogen) atoms. The lowest BCUT2D eigenvalue weighted by atomic mass is 10.00. The van der Waals surface area contributed by atoms with Crippen molar-refractivity contribution in [3.63, 3.8) is 0 Å². The summed E-state index contributed by atoms with van der Waals surface area (Å²) in [5, 5.41) is 9.17. The maximum absolute atomic E-state index is 12.6. The average molecular weight is 287 g/mol. The summed E-state index contributed by atoms with van der Waals surface area (Å²) in [6, 6.07) is -0.356. The van der Waals surface area contributed by atoms with Gasteiger partial charge in [0.15, 0.2) is 5.78 Å². The SMILES string of the molecule is CC(C)(C)S(=O)(=O)N1C[C@@H]2CC(=O)C=C2[C@H]1CCO. The molecule has 0 aromatic rings. The van der Waals surface area contributed by atoms with Crippen LogP contribution in [0.25, 0.3) is 0 Å². The fraction of sp³-hybridized carbons (Fsp3) is 0.769. The lowest BCUT2D eigenvalue weighted by molar-refractivity contribution is -0.114. The Hall–Kier alpha value is -0.720. The van der Waals surface area contributed by atoms with E-state index in [-0.39, 0.29) is 24.3 Å². The Bertz CT molecular complexity index is 515. The molecule has 0 spiro atoms. The van der Waals surface area contributed by atoms with Gasteiger partial charge in [0, 0.05) is 31.5 Å². The van der Waals surface area contributed by atoms with Crippen molar-refractivity contribution in [1.82, 2.24) is 4.31 Å². The number of sulfonamides is 1. The fourth-order valence-electron chi connectivity index (χ4n) is 2.82. The van der Waals surface area contributed by atoms with E-state index in [1.54, 1.807) is 26.8 Å². The molecule has 1 aliphatic carbocycles. The first-order chi connectivity index (χ1) is 8.68. The number of nitrogens with zero attached hydrogens (tertiary/aromatic N) is 1. The zero-order valence-electron chi connectivity index (χ0n) is 11.6. The van der Waals surface area contributed by atoms with Crippen molar-refractivity contribution >= 4 is 15.8 Å². The minimum Gasteiger partial charge on any atom is -0.396 e. The topological polar surface area (TPSA) is 74.7 Å². The summed E-state index contributed by atoms with van der Waals surface area (Å²) >= 11 is 0. The van der Waals surface area contributed by atoms with Crippen LogP contribution in [-0.2, 0) is 14.8 Å². The molecule has 1 heterocycles. The number of carbonyl (C=O) groups excluding carboxylic acids is 1. The van der Waals surface area contributed by atoms with Crippen LogP contribution in [0, 0.1) is 5.92 Å². The summed E-state index contributed by atoms with van der Waals surface area (Å²) in [5.41, 5.74) is 0.881. The molecule has 108 valence electrons. The van der Waals surface area contributed by atoms with Gasteiger partial charge in [-0.3, -0.25) is 4.79 Å². The molecule has 0 saturated carbocycles. The molecule has 0 bridgehead atoms. The van der Waals surface area contributed by atoms with Crippen molar-refractivity contribution in [3.8, 4) is 0 Å². The molecule has 5 nitrogen and oxygen atoms in total. The molecule has 0 radical (unpaired) electrons. The second kappa shape index (κ2) is 4.68. The van der Waals surface area contributed by atoms with Gasteiger partial charge in [-0.1, -0.05) is 0 Å². The van der Waals surface area contributed by atoms with Crippen LogP contribution in [0.1, 0.15) is 33.6 Å². The van der Waals surface area contributed by atoms with Gasteiger partial charge in [-0.2, -0.15) is 4.31 Å². The van der Waals surface area contributed by atoms with E-state index in [2.05, 4.69) is 0 Å². The molecule has 0 amide bonds.